The molecule has 1 aromatic rings. The number of nitrogens with one attached hydrogen (secondary N) is 1. The van der Waals surface area contributed by atoms with Crippen molar-refractivity contribution in [1.82, 2.24) is 4.98 Å². The van der Waals surface area contributed by atoms with E-state index in [9.17, 15) is 10.1 Å². The van der Waals surface area contributed by atoms with Gasteiger partial charge in [0.1, 0.15) is 5.82 Å². The Morgan fingerprint density at radius 3 is 2.88 bits per heavy atom. The fraction of sp³-hybridized carbons (Fsp3) is 0.583. The molecule has 0 bridgehead atoms. The summed E-state index contributed by atoms with van der Waals surface area (Å²) in [6.45, 7) is 3.90. The molecule has 5 nitrogen and oxygen atoms in total. The van der Waals surface area contributed by atoms with Gasteiger partial charge in [-0.25, -0.2) is 4.98 Å². The molecule has 1 saturated carbocycles. The van der Waals surface area contributed by atoms with E-state index in [1.54, 1.807) is 13.1 Å². The van der Waals surface area contributed by atoms with Gasteiger partial charge in [-0.2, -0.15) is 0 Å². The first-order valence-corrected chi connectivity index (χ1v) is 5.95. The Bertz CT molecular complexity index is 434. The van der Waals surface area contributed by atoms with Gasteiger partial charge >= 0.3 is 0 Å². The molecule has 17 heavy (non-hydrogen) atoms. The highest BCUT2D eigenvalue weighted by Gasteiger charge is 2.24. The highest BCUT2D eigenvalue weighted by atomic mass is 16.6. The molecule has 2 unspecified atom stereocenters. The first-order chi connectivity index (χ1) is 8.08. The molecule has 1 aromatic heterocycles. The van der Waals surface area contributed by atoms with Crippen LogP contribution in [0.3, 0.4) is 0 Å². The number of aryl methyl sites for hydroxylation is 1. The van der Waals surface area contributed by atoms with Crippen molar-refractivity contribution in [1.29, 1.82) is 0 Å². The van der Waals surface area contributed by atoms with Gasteiger partial charge in [0.15, 0.2) is 0 Å². The first-order valence-electron chi connectivity index (χ1n) is 5.95. The lowest BCUT2D eigenvalue weighted by Crippen LogP contribution is -2.22. The number of aromatic nitrogens is 1. The Labute approximate surface area is 100 Å². The first kappa shape index (κ1) is 11.8. The Balaban J connectivity index is 2.16. The van der Waals surface area contributed by atoms with Gasteiger partial charge in [-0.05, 0) is 25.7 Å². The van der Waals surface area contributed by atoms with E-state index in [1.165, 1.54) is 18.9 Å². The molecule has 1 aliphatic carbocycles. The second-order valence-electron chi connectivity index (χ2n) is 4.77. The number of rotatable bonds is 3. The maximum absolute atomic E-state index is 10.8. The van der Waals surface area contributed by atoms with Crippen LogP contribution in [0.2, 0.25) is 0 Å². The quantitative estimate of drug-likeness (QED) is 0.646. The van der Waals surface area contributed by atoms with E-state index in [2.05, 4.69) is 17.2 Å². The van der Waals surface area contributed by atoms with E-state index in [0.717, 1.165) is 6.42 Å². The van der Waals surface area contributed by atoms with Crippen molar-refractivity contribution in [2.24, 2.45) is 5.92 Å². The lowest BCUT2D eigenvalue weighted by molar-refractivity contribution is -0.385. The summed E-state index contributed by atoms with van der Waals surface area (Å²) in [5.41, 5.74) is 0.730. The van der Waals surface area contributed by atoms with Gasteiger partial charge in [0.2, 0.25) is 0 Å². The fourth-order valence-electron chi connectivity index (χ4n) is 2.34. The molecular weight excluding hydrogens is 218 g/mol. The number of nitro groups is 1. The average molecular weight is 235 g/mol. The van der Waals surface area contributed by atoms with E-state index in [0.29, 0.717) is 23.3 Å². The molecule has 0 spiro atoms. The molecule has 1 fully saturated rings. The van der Waals surface area contributed by atoms with E-state index in [4.69, 9.17) is 0 Å². The largest absolute Gasteiger partial charge is 0.367 e. The SMILES string of the molecule is Cc1cnc(NC2CCCC2C)cc1[N+](=O)[O-]. The van der Waals surface area contributed by atoms with Crippen molar-refractivity contribution < 1.29 is 4.92 Å². The second kappa shape index (κ2) is 4.69. The number of pyridine rings is 1. The number of anilines is 1. The summed E-state index contributed by atoms with van der Waals surface area (Å²) in [7, 11) is 0. The molecule has 0 saturated heterocycles. The summed E-state index contributed by atoms with van der Waals surface area (Å²) < 4.78 is 0. The Morgan fingerprint density at radius 1 is 1.53 bits per heavy atom. The fourth-order valence-corrected chi connectivity index (χ4v) is 2.34. The molecule has 0 aromatic carbocycles. The van der Waals surface area contributed by atoms with Crippen LogP contribution in [0.15, 0.2) is 12.3 Å². The van der Waals surface area contributed by atoms with Crippen molar-refractivity contribution >= 4 is 11.5 Å². The van der Waals surface area contributed by atoms with Gasteiger partial charge in [0, 0.05) is 17.8 Å². The topological polar surface area (TPSA) is 68.1 Å². The predicted octanol–water partition coefficient (Wildman–Crippen LogP) is 2.90. The molecule has 0 aliphatic heterocycles. The van der Waals surface area contributed by atoms with Gasteiger partial charge in [0.05, 0.1) is 11.0 Å². The minimum Gasteiger partial charge on any atom is -0.367 e. The smallest absolute Gasteiger partial charge is 0.277 e. The summed E-state index contributed by atoms with van der Waals surface area (Å²) >= 11 is 0. The summed E-state index contributed by atoms with van der Waals surface area (Å²) in [6.07, 6.45) is 5.10. The summed E-state index contributed by atoms with van der Waals surface area (Å²) in [4.78, 5) is 14.7. The van der Waals surface area contributed by atoms with E-state index in [1.807, 2.05) is 0 Å². The lowest BCUT2D eigenvalue weighted by atomic mass is 10.1. The second-order valence-corrected chi connectivity index (χ2v) is 4.77. The van der Waals surface area contributed by atoms with Crippen LogP contribution in [0.1, 0.15) is 31.7 Å². The Morgan fingerprint density at radius 2 is 2.29 bits per heavy atom. The molecule has 2 rings (SSSR count). The average Bonchev–Trinajstić information content (AvgIpc) is 2.67. The van der Waals surface area contributed by atoms with Crippen LogP contribution >= 0.6 is 0 Å². The predicted molar refractivity (Wildman–Crippen MR) is 66.1 cm³/mol. The van der Waals surface area contributed by atoms with Crippen LogP contribution in [0.25, 0.3) is 0 Å². The van der Waals surface area contributed by atoms with E-state index >= 15 is 0 Å². The monoisotopic (exact) mass is 235 g/mol. The maximum atomic E-state index is 10.8. The van der Waals surface area contributed by atoms with Gasteiger partial charge in [-0.3, -0.25) is 10.1 Å². The molecular formula is C12H17N3O2. The van der Waals surface area contributed by atoms with Crippen LogP contribution in [0, 0.1) is 23.0 Å². The Kier molecular flexibility index (Phi) is 3.26. The third-order valence-corrected chi connectivity index (χ3v) is 3.47. The molecule has 5 heteroatoms. The molecule has 1 aliphatic rings. The maximum Gasteiger partial charge on any atom is 0.277 e. The van der Waals surface area contributed by atoms with Gasteiger partial charge < -0.3 is 5.32 Å². The molecule has 1 heterocycles. The third kappa shape index (κ3) is 2.54. The molecule has 2 atom stereocenters. The highest BCUT2D eigenvalue weighted by Crippen LogP contribution is 2.28. The van der Waals surface area contributed by atoms with Crippen LogP contribution in [-0.4, -0.2) is 15.9 Å². The normalized spacial score (nSPS) is 23.6. The van der Waals surface area contributed by atoms with E-state index < -0.39 is 0 Å². The zero-order valence-electron chi connectivity index (χ0n) is 10.1. The number of hydrogen-bond acceptors (Lipinski definition) is 4. The number of nitrogens with zero attached hydrogens (tertiary/aromatic N) is 2. The minimum absolute atomic E-state index is 0.133. The third-order valence-electron chi connectivity index (χ3n) is 3.47. The van der Waals surface area contributed by atoms with Gasteiger partial charge in [0.25, 0.3) is 5.69 Å². The van der Waals surface area contributed by atoms with Crippen molar-refractivity contribution in [2.75, 3.05) is 5.32 Å². The van der Waals surface area contributed by atoms with Crippen LogP contribution in [0.5, 0.6) is 0 Å². The summed E-state index contributed by atoms with van der Waals surface area (Å²) in [6, 6.07) is 1.92. The van der Waals surface area contributed by atoms with Crippen LogP contribution in [0.4, 0.5) is 11.5 Å². The molecule has 0 amide bonds. The lowest BCUT2D eigenvalue weighted by Gasteiger charge is -2.17. The van der Waals surface area contributed by atoms with Crippen molar-refractivity contribution in [3.8, 4) is 0 Å². The minimum atomic E-state index is -0.361. The zero-order chi connectivity index (χ0) is 12.4. The van der Waals surface area contributed by atoms with Crippen molar-refractivity contribution in [2.45, 2.75) is 39.2 Å². The molecule has 92 valence electrons. The molecule has 0 radical (unpaired) electrons. The standard InChI is InChI=1S/C12H17N3O2/c1-8-4-3-5-10(8)14-12-6-11(15(16)17)9(2)7-13-12/h6-8,10H,3-5H2,1-2H3,(H,13,14). The molecule has 1 N–H and O–H groups in total. The number of hydrogen-bond donors (Lipinski definition) is 1. The summed E-state index contributed by atoms with van der Waals surface area (Å²) in [5.74, 6) is 1.22. The van der Waals surface area contributed by atoms with Crippen molar-refractivity contribution in [3.63, 3.8) is 0 Å². The van der Waals surface area contributed by atoms with Crippen molar-refractivity contribution in [3.05, 3.63) is 27.9 Å². The Hall–Kier alpha value is -1.65. The van der Waals surface area contributed by atoms with Crippen LogP contribution in [-0.2, 0) is 0 Å². The zero-order valence-corrected chi connectivity index (χ0v) is 10.1. The van der Waals surface area contributed by atoms with Gasteiger partial charge in [-0.1, -0.05) is 13.3 Å². The van der Waals surface area contributed by atoms with E-state index in [-0.39, 0.29) is 10.6 Å². The highest BCUT2D eigenvalue weighted by molar-refractivity contribution is 5.49. The van der Waals surface area contributed by atoms with Gasteiger partial charge in [-0.15, -0.1) is 0 Å². The summed E-state index contributed by atoms with van der Waals surface area (Å²) in [5, 5.41) is 14.1. The van der Waals surface area contributed by atoms with Crippen LogP contribution < -0.4 is 5.32 Å².